The second-order valence-electron chi connectivity index (χ2n) is 19.9. The molecule has 0 radical (unpaired) electrons. The average molecular weight is 990 g/mol. The van der Waals surface area contributed by atoms with Crippen LogP contribution in [0.2, 0.25) is 0 Å². The van der Waals surface area contributed by atoms with Crippen molar-refractivity contribution < 1.29 is 46.6 Å². The van der Waals surface area contributed by atoms with Gasteiger partial charge in [-0.25, -0.2) is 30.7 Å². The first kappa shape index (κ1) is 85.2. The Bertz CT molecular complexity index is 765. The highest BCUT2D eigenvalue weighted by atomic mass is 19.3. The van der Waals surface area contributed by atoms with Crippen LogP contribution in [0.25, 0.3) is 0 Å². The molecule has 0 saturated carbocycles. The smallest absolute Gasteiger partial charge is 0.245 e. The number of hydrogen-bond donors (Lipinski definition) is 0. The van der Waals surface area contributed by atoms with Gasteiger partial charge in [0.25, 0.3) is 0 Å². The summed E-state index contributed by atoms with van der Waals surface area (Å²) in [4.78, 5) is 0. The fourth-order valence-electron chi connectivity index (χ4n) is 1.75. The van der Waals surface area contributed by atoms with Gasteiger partial charge < -0.3 is 0 Å². The Hall–Kier alpha value is -0.700. The number of halogens is 10. The van der Waals surface area contributed by atoms with Crippen LogP contribution in [0.15, 0.2) is 0 Å². The van der Waals surface area contributed by atoms with Crippen LogP contribution in [0, 0.1) is 46.8 Å². The highest BCUT2D eigenvalue weighted by Gasteiger charge is 2.18. The van der Waals surface area contributed by atoms with E-state index in [1.165, 1.54) is 32.6 Å². The van der Waals surface area contributed by atoms with E-state index in [4.69, 9.17) is 2.74 Å². The van der Waals surface area contributed by atoms with Crippen molar-refractivity contribution in [3.63, 3.8) is 0 Å². The quantitative estimate of drug-likeness (QED) is 0.127. The first-order valence-corrected chi connectivity index (χ1v) is 25.9. The summed E-state index contributed by atoms with van der Waals surface area (Å²) < 4.78 is 130. The summed E-state index contributed by atoms with van der Waals surface area (Å²) in [6.07, 6.45) is 6.36. The van der Waals surface area contributed by atoms with E-state index in [2.05, 4.69) is 90.0 Å². The SMILES string of the molecule is CCC(C)(C)C.CCC(C)C.CCC(C)C.CCC(C)C.CCC(C)C(F)F.CCC(C)CF.CCC(C)CF.CCCC(C)(F)F.CCCC(C)(F)F.CCCC(C)F.[2H]C([2H])(C)C(C)CF. The maximum absolute atomic E-state index is 11.7. The van der Waals surface area contributed by atoms with E-state index in [9.17, 15) is 43.9 Å². The van der Waals surface area contributed by atoms with Crippen molar-refractivity contribution in [1.82, 2.24) is 0 Å². The molecule has 418 valence electrons. The van der Waals surface area contributed by atoms with Crippen LogP contribution >= 0.6 is 0 Å². The zero-order valence-corrected chi connectivity index (χ0v) is 49.3. The van der Waals surface area contributed by atoms with E-state index in [1.807, 2.05) is 34.6 Å². The Balaban J connectivity index is -0.0000000586. The molecule has 0 aliphatic carbocycles. The molecule has 0 aromatic carbocycles. The lowest BCUT2D eigenvalue weighted by Crippen LogP contribution is -2.07. The van der Waals surface area contributed by atoms with Crippen LogP contribution in [-0.2, 0) is 0 Å². The zero-order valence-electron chi connectivity index (χ0n) is 51.3. The summed E-state index contributed by atoms with van der Waals surface area (Å²) in [5.41, 5.74) is 0.542. The predicted octanol–water partition coefficient (Wildman–Crippen LogP) is 23.9. The first-order chi connectivity index (χ1) is 30.5. The van der Waals surface area contributed by atoms with Crippen molar-refractivity contribution in [1.29, 1.82) is 0 Å². The minimum absolute atomic E-state index is 0.00694. The number of alkyl halides is 10. The Morgan fingerprint density at radius 3 is 0.652 bits per heavy atom. The lowest BCUT2D eigenvalue weighted by Gasteiger charge is -2.12. The molecule has 0 aliphatic rings. The highest BCUT2D eigenvalue weighted by Crippen LogP contribution is 2.18. The summed E-state index contributed by atoms with van der Waals surface area (Å²) >= 11 is 0. The molecule has 0 saturated heterocycles. The highest BCUT2D eigenvalue weighted by molar-refractivity contribution is 4.56. The van der Waals surface area contributed by atoms with E-state index < -0.39 is 49.3 Å². The third-order valence-electron chi connectivity index (χ3n) is 9.29. The molecule has 0 spiro atoms. The fraction of sp³-hybridized carbons (Fsp3) is 1.00. The van der Waals surface area contributed by atoms with Crippen molar-refractivity contribution in [3.8, 4) is 0 Å². The van der Waals surface area contributed by atoms with Crippen LogP contribution in [-0.4, -0.2) is 44.5 Å². The topological polar surface area (TPSA) is 0 Å². The maximum Gasteiger partial charge on any atom is 0.245 e. The van der Waals surface area contributed by atoms with Gasteiger partial charge in [-0.2, -0.15) is 0 Å². The number of rotatable bonds is 17. The van der Waals surface area contributed by atoms with Crippen LogP contribution in [0.4, 0.5) is 43.9 Å². The Labute approximate surface area is 413 Å². The van der Waals surface area contributed by atoms with Crippen LogP contribution in [0.5, 0.6) is 0 Å². The second-order valence-corrected chi connectivity index (χ2v) is 19.9. The predicted molar refractivity (Wildman–Crippen MR) is 283 cm³/mol. The van der Waals surface area contributed by atoms with Crippen LogP contribution < -0.4 is 0 Å². The Morgan fingerprint density at radius 1 is 0.409 bits per heavy atom. The van der Waals surface area contributed by atoms with Gasteiger partial charge in [-0.15, -0.1) is 0 Å². The molecule has 5 atom stereocenters. The summed E-state index contributed by atoms with van der Waals surface area (Å²) in [7, 11) is 0. The average Bonchev–Trinajstić information content (AvgIpc) is 3.22. The van der Waals surface area contributed by atoms with Crippen molar-refractivity contribution in [3.05, 3.63) is 0 Å². The standard InChI is InChI=1S/C6H14.3C5H10F2.4C5H11F.3C5H12/c1-5-6(2,3)4;2*1-3-4-5(2,6)7;1-3-4(2)5(6)7;3*1-3-5(2)4-6;1-3-4-5(2)6;3*1-4-5(2)3/h5H2,1-4H3;2*3-4H2,1-2H3;4-5H,3H2,1-2H3;4*5H,3-4H2,1-2H3;3*5H,4H2,1-3H3/i;;;;3D2;;;;;;. The molecule has 0 heterocycles. The summed E-state index contributed by atoms with van der Waals surface area (Å²) in [6.45, 7) is 50.9. The Kier molecular flexibility index (Phi) is 88.5. The van der Waals surface area contributed by atoms with Gasteiger partial charge in [0.2, 0.25) is 18.3 Å². The van der Waals surface area contributed by atoms with E-state index in [0.717, 1.165) is 50.9 Å². The second kappa shape index (κ2) is 68.6. The molecule has 0 nitrogen and oxygen atoms in total. The zero-order chi connectivity index (χ0) is 57.5. The largest absolute Gasteiger partial charge is 0.251 e. The first-order valence-electron chi connectivity index (χ1n) is 26.9. The third kappa shape index (κ3) is 177. The molecule has 10 heteroatoms. The van der Waals surface area contributed by atoms with Gasteiger partial charge in [-0.05, 0) is 74.5 Å². The van der Waals surface area contributed by atoms with Gasteiger partial charge >= 0.3 is 0 Å². The van der Waals surface area contributed by atoms with E-state index >= 15 is 0 Å². The van der Waals surface area contributed by atoms with Gasteiger partial charge in [0, 0.05) is 21.5 Å². The van der Waals surface area contributed by atoms with E-state index in [0.29, 0.717) is 31.1 Å². The molecule has 0 aliphatic heterocycles. The van der Waals surface area contributed by atoms with Gasteiger partial charge in [0.05, 0.1) is 26.2 Å². The van der Waals surface area contributed by atoms with Crippen molar-refractivity contribution in [2.45, 2.75) is 301 Å². The molecule has 0 aromatic rings. The van der Waals surface area contributed by atoms with Crippen LogP contribution in [0.3, 0.4) is 0 Å². The lowest BCUT2D eigenvalue weighted by molar-refractivity contribution is 0.0115. The van der Waals surface area contributed by atoms with Gasteiger partial charge in [0.1, 0.15) is 0 Å². The van der Waals surface area contributed by atoms with Gasteiger partial charge in [-0.1, -0.05) is 230 Å². The maximum atomic E-state index is 11.7. The fourth-order valence-corrected chi connectivity index (χ4v) is 1.75. The Morgan fingerprint density at radius 2 is 0.652 bits per heavy atom. The van der Waals surface area contributed by atoms with Crippen molar-refractivity contribution >= 4 is 0 Å². The minimum Gasteiger partial charge on any atom is -0.251 e. The third-order valence-corrected chi connectivity index (χ3v) is 9.29. The van der Waals surface area contributed by atoms with Gasteiger partial charge in [0.15, 0.2) is 0 Å². The monoisotopic (exact) mass is 989 g/mol. The minimum atomic E-state index is -2.45. The molecule has 0 fully saturated rings. The summed E-state index contributed by atoms with van der Waals surface area (Å²) in [5, 5.41) is 0. The summed E-state index contributed by atoms with van der Waals surface area (Å²) in [5.74, 6) is -2.62. The van der Waals surface area contributed by atoms with Crippen LogP contribution in [0.1, 0.15) is 280 Å². The molecule has 0 aromatic heterocycles. The molecule has 66 heavy (non-hydrogen) atoms. The molecule has 0 N–H and O–H groups in total. The van der Waals surface area contributed by atoms with Crippen molar-refractivity contribution in [2.75, 3.05) is 20.0 Å². The normalized spacial score (nSPS) is 13.3. The molecule has 0 amide bonds. The molecular formula is C56H124F10. The van der Waals surface area contributed by atoms with Crippen molar-refractivity contribution in [2.24, 2.45) is 46.8 Å². The summed E-state index contributed by atoms with van der Waals surface area (Å²) in [6, 6.07) is 0. The molecule has 0 bridgehead atoms. The van der Waals surface area contributed by atoms with Gasteiger partial charge in [-0.3, -0.25) is 13.2 Å². The van der Waals surface area contributed by atoms with E-state index in [-0.39, 0.29) is 38.0 Å². The van der Waals surface area contributed by atoms with E-state index in [1.54, 1.807) is 41.5 Å². The molecule has 5 unspecified atom stereocenters. The lowest BCUT2D eigenvalue weighted by atomic mass is 9.94. The number of hydrogen-bond acceptors (Lipinski definition) is 0. The molecule has 0 rings (SSSR count). The molecular weight excluding hydrogens is 863 g/mol.